The van der Waals surface area contributed by atoms with Crippen LogP contribution in [0.25, 0.3) is 0 Å². The van der Waals surface area contributed by atoms with Gasteiger partial charge in [0.1, 0.15) is 18.4 Å². The summed E-state index contributed by atoms with van der Waals surface area (Å²) >= 11 is 0. The largest absolute Gasteiger partial charge is 0.273 e. The topological polar surface area (TPSA) is 109 Å². The lowest BCUT2D eigenvalue weighted by Crippen LogP contribution is -2.59. The lowest BCUT2D eigenvalue weighted by atomic mass is 9.57. The van der Waals surface area contributed by atoms with Crippen LogP contribution in [0, 0.1) is 51.2 Å². The number of amides is 2. The van der Waals surface area contributed by atoms with Crippen molar-refractivity contribution >= 4 is 11.8 Å². The summed E-state index contributed by atoms with van der Waals surface area (Å²) in [6.45, 7) is -0.399. The molecule has 2 fully saturated rings. The summed E-state index contributed by atoms with van der Waals surface area (Å²) in [6, 6.07) is 5.71. The minimum absolute atomic E-state index is 0.399. The summed E-state index contributed by atoms with van der Waals surface area (Å²) in [6.07, 6.45) is 3.70. The summed E-state index contributed by atoms with van der Waals surface area (Å²) in [5.41, 5.74) is -0.859. The summed E-state index contributed by atoms with van der Waals surface area (Å²) < 4.78 is 0. The minimum atomic E-state index is -1.00. The second-order valence-electron chi connectivity index (χ2n) is 5.34. The van der Waals surface area contributed by atoms with E-state index < -0.39 is 35.6 Å². The molecule has 20 heavy (non-hydrogen) atoms. The van der Waals surface area contributed by atoms with Crippen molar-refractivity contribution in [3.05, 3.63) is 0 Å². The number of piperidine rings is 1. The zero-order valence-corrected chi connectivity index (χ0v) is 11.0. The fraction of sp³-hybridized carbons (Fsp3) is 0.643. The smallest absolute Gasteiger partial charge is 0.248 e. The molecule has 6 nitrogen and oxygen atoms in total. The first-order valence-electron chi connectivity index (χ1n) is 6.64. The number of nitrogens with zero attached hydrogens (tertiary/aromatic N) is 4. The third-order valence-corrected chi connectivity index (χ3v) is 4.45. The van der Waals surface area contributed by atoms with E-state index in [1.807, 2.05) is 12.1 Å². The molecule has 0 radical (unpaired) electrons. The fourth-order valence-electron chi connectivity index (χ4n) is 3.46. The monoisotopic (exact) mass is 270 g/mol. The van der Waals surface area contributed by atoms with Gasteiger partial charge in [-0.25, -0.2) is 0 Å². The van der Waals surface area contributed by atoms with Crippen LogP contribution in [0.5, 0.6) is 0 Å². The molecule has 1 spiro atoms. The van der Waals surface area contributed by atoms with Crippen molar-refractivity contribution < 1.29 is 9.59 Å². The molecule has 0 N–H and O–H groups in total. The number of imide groups is 1. The zero-order valence-electron chi connectivity index (χ0n) is 11.0. The Morgan fingerprint density at radius 2 is 1.50 bits per heavy atom. The third-order valence-electron chi connectivity index (χ3n) is 4.45. The number of carbonyl (C=O) groups is 2. The van der Waals surface area contributed by atoms with E-state index in [1.54, 1.807) is 6.07 Å². The first-order chi connectivity index (χ1) is 9.62. The van der Waals surface area contributed by atoms with Crippen molar-refractivity contribution in [1.29, 1.82) is 15.8 Å². The van der Waals surface area contributed by atoms with Crippen molar-refractivity contribution in [2.45, 2.75) is 32.1 Å². The second-order valence-corrected chi connectivity index (χ2v) is 5.34. The molecule has 0 aromatic carbocycles. The van der Waals surface area contributed by atoms with E-state index in [1.165, 1.54) is 0 Å². The maximum atomic E-state index is 12.3. The van der Waals surface area contributed by atoms with E-state index in [2.05, 4.69) is 0 Å². The Balaban J connectivity index is 2.49. The quantitative estimate of drug-likeness (QED) is 0.523. The Labute approximate surface area is 117 Å². The van der Waals surface area contributed by atoms with Gasteiger partial charge in [-0.2, -0.15) is 15.8 Å². The van der Waals surface area contributed by atoms with Crippen molar-refractivity contribution in [2.75, 3.05) is 6.54 Å². The summed E-state index contributed by atoms with van der Waals surface area (Å²) in [7, 11) is 0. The van der Waals surface area contributed by atoms with Gasteiger partial charge < -0.3 is 0 Å². The lowest BCUT2D eigenvalue weighted by molar-refractivity contribution is -0.162. The van der Waals surface area contributed by atoms with Crippen molar-refractivity contribution in [1.82, 2.24) is 4.90 Å². The SMILES string of the molecule is N#CCN1C(=O)C(C#N)C2(CCCCC2)C(C#N)C1=O. The molecule has 0 aromatic rings. The third kappa shape index (κ3) is 1.84. The Bertz CT molecular complexity index is 521. The molecule has 0 bridgehead atoms. The van der Waals surface area contributed by atoms with Crippen LogP contribution in [-0.2, 0) is 9.59 Å². The van der Waals surface area contributed by atoms with Crippen LogP contribution >= 0.6 is 0 Å². The molecule has 1 saturated carbocycles. The second kappa shape index (κ2) is 5.31. The Morgan fingerprint density at radius 3 is 1.90 bits per heavy atom. The average molecular weight is 270 g/mol. The fourth-order valence-corrected chi connectivity index (χ4v) is 3.46. The Morgan fingerprint density at radius 1 is 1.00 bits per heavy atom. The molecule has 1 aliphatic heterocycles. The van der Waals surface area contributed by atoms with Gasteiger partial charge in [-0.15, -0.1) is 0 Å². The van der Waals surface area contributed by atoms with E-state index in [4.69, 9.17) is 5.26 Å². The number of hydrogen-bond donors (Lipinski definition) is 0. The van der Waals surface area contributed by atoms with Crippen molar-refractivity contribution in [3.8, 4) is 18.2 Å². The molecule has 0 aromatic heterocycles. The summed E-state index contributed by atoms with van der Waals surface area (Å²) in [5.74, 6) is -3.24. The van der Waals surface area contributed by atoms with Gasteiger partial charge in [-0.1, -0.05) is 19.3 Å². The molecule has 1 aliphatic carbocycles. The summed E-state index contributed by atoms with van der Waals surface area (Å²) in [5, 5.41) is 27.4. The van der Waals surface area contributed by atoms with Crippen LogP contribution < -0.4 is 0 Å². The first-order valence-corrected chi connectivity index (χ1v) is 6.64. The van der Waals surface area contributed by atoms with Gasteiger partial charge >= 0.3 is 0 Å². The predicted molar refractivity (Wildman–Crippen MR) is 66.1 cm³/mol. The molecule has 1 heterocycles. The van der Waals surface area contributed by atoms with Crippen LogP contribution in [0.4, 0.5) is 0 Å². The molecule has 102 valence electrons. The Kier molecular flexibility index (Phi) is 3.72. The van der Waals surface area contributed by atoms with E-state index in [-0.39, 0.29) is 0 Å². The summed E-state index contributed by atoms with van der Waals surface area (Å²) in [4.78, 5) is 25.4. The highest BCUT2D eigenvalue weighted by molar-refractivity contribution is 6.03. The average Bonchev–Trinajstić information content (AvgIpc) is 2.45. The van der Waals surface area contributed by atoms with Crippen LogP contribution in [-0.4, -0.2) is 23.3 Å². The maximum Gasteiger partial charge on any atom is 0.248 e. The highest BCUT2D eigenvalue weighted by Crippen LogP contribution is 2.51. The normalized spacial score (nSPS) is 28.6. The number of likely N-dealkylation sites (tertiary alicyclic amines) is 1. The van der Waals surface area contributed by atoms with Gasteiger partial charge in [0.2, 0.25) is 11.8 Å². The molecule has 2 rings (SSSR count). The Hall–Kier alpha value is -2.39. The molecule has 2 aliphatic rings. The number of carbonyl (C=O) groups excluding carboxylic acids is 2. The molecule has 2 unspecified atom stereocenters. The van der Waals surface area contributed by atoms with E-state index >= 15 is 0 Å². The van der Waals surface area contributed by atoms with Crippen LogP contribution in [0.3, 0.4) is 0 Å². The van der Waals surface area contributed by atoms with E-state index in [0.717, 1.165) is 24.2 Å². The van der Waals surface area contributed by atoms with Crippen LogP contribution in [0.1, 0.15) is 32.1 Å². The van der Waals surface area contributed by atoms with Crippen LogP contribution in [0.15, 0.2) is 0 Å². The molecular weight excluding hydrogens is 256 g/mol. The van der Waals surface area contributed by atoms with Gasteiger partial charge in [0.15, 0.2) is 0 Å². The molecular formula is C14H14N4O2. The standard InChI is InChI=1S/C14H14N4O2/c15-6-7-18-12(19)10(8-16)14(4-2-1-3-5-14)11(9-17)13(18)20/h10-11H,1-5,7H2. The number of rotatable bonds is 1. The van der Waals surface area contributed by atoms with Crippen molar-refractivity contribution in [2.24, 2.45) is 17.3 Å². The van der Waals surface area contributed by atoms with Gasteiger partial charge in [-0.3, -0.25) is 14.5 Å². The minimum Gasteiger partial charge on any atom is -0.273 e. The highest BCUT2D eigenvalue weighted by atomic mass is 16.2. The molecule has 6 heteroatoms. The van der Waals surface area contributed by atoms with Gasteiger partial charge in [0, 0.05) is 5.41 Å². The highest BCUT2D eigenvalue weighted by Gasteiger charge is 2.58. The molecule has 2 atom stereocenters. The van der Waals surface area contributed by atoms with Gasteiger partial charge in [-0.05, 0) is 12.8 Å². The first kappa shape index (κ1) is 14.0. The number of nitriles is 3. The lowest BCUT2D eigenvalue weighted by Gasteiger charge is -2.47. The zero-order chi connectivity index (χ0) is 14.8. The van der Waals surface area contributed by atoms with Gasteiger partial charge in [0.25, 0.3) is 0 Å². The number of hydrogen-bond acceptors (Lipinski definition) is 5. The van der Waals surface area contributed by atoms with E-state index in [9.17, 15) is 20.1 Å². The van der Waals surface area contributed by atoms with Gasteiger partial charge in [0.05, 0.1) is 18.2 Å². The molecule has 2 amide bonds. The van der Waals surface area contributed by atoms with Crippen LogP contribution in [0.2, 0.25) is 0 Å². The maximum absolute atomic E-state index is 12.3. The van der Waals surface area contributed by atoms with E-state index in [0.29, 0.717) is 12.8 Å². The molecule has 1 saturated heterocycles. The van der Waals surface area contributed by atoms with Crippen molar-refractivity contribution in [3.63, 3.8) is 0 Å². The predicted octanol–water partition coefficient (Wildman–Crippen LogP) is 1.11.